The van der Waals surface area contributed by atoms with E-state index in [1.165, 1.54) is 11.6 Å². The third-order valence-electron chi connectivity index (χ3n) is 3.15. The molecule has 0 spiro atoms. The molecule has 3 aromatic rings. The average molecular weight is 311 g/mol. The zero-order valence-electron chi connectivity index (χ0n) is 11.6. The zero-order chi connectivity index (χ0) is 15.4. The molecule has 0 bridgehead atoms. The second kappa shape index (κ2) is 6.41. The maximum absolute atomic E-state index is 10.8. The van der Waals surface area contributed by atoms with Crippen LogP contribution in [0.1, 0.15) is 15.2 Å². The van der Waals surface area contributed by atoms with E-state index >= 15 is 0 Å². The van der Waals surface area contributed by atoms with Crippen LogP contribution in [0.3, 0.4) is 0 Å². The van der Waals surface area contributed by atoms with E-state index in [4.69, 9.17) is 9.84 Å². The molecule has 0 amide bonds. The van der Waals surface area contributed by atoms with Crippen molar-refractivity contribution < 1.29 is 14.6 Å². The summed E-state index contributed by atoms with van der Waals surface area (Å²) in [5.41, 5.74) is 3.32. The Kier molecular flexibility index (Phi) is 4.16. The number of nitrogens with zero attached hydrogens (tertiary/aromatic N) is 1. The van der Waals surface area contributed by atoms with Crippen molar-refractivity contribution in [1.82, 2.24) is 4.37 Å². The molecular weight excluding hydrogens is 298 g/mol. The first kappa shape index (κ1) is 14.3. The van der Waals surface area contributed by atoms with Crippen LogP contribution in [0.2, 0.25) is 0 Å². The van der Waals surface area contributed by atoms with Crippen molar-refractivity contribution in [1.29, 1.82) is 0 Å². The quantitative estimate of drug-likeness (QED) is 0.771. The van der Waals surface area contributed by atoms with E-state index in [1.54, 1.807) is 0 Å². The molecule has 3 rings (SSSR count). The van der Waals surface area contributed by atoms with E-state index in [9.17, 15) is 4.79 Å². The minimum Gasteiger partial charge on any atom is -0.477 e. The Balaban J connectivity index is 1.65. The van der Waals surface area contributed by atoms with Gasteiger partial charge in [-0.15, -0.1) is 0 Å². The molecule has 0 saturated heterocycles. The molecule has 2 aromatic carbocycles. The highest BCUT2D eigenvalue weighted by molar-refractivity contribution is 7.08. The lowest BCUT2D eigenvalue weighted by Gasteiger charge is -2.05. The van der Waals surface area contributed by atoms with Gasteiger partial charge in [0.1, 0.15) is 11.5 Å². The van der Waals surface area contributed by atoms with Gasteiger partial charge in [-0.3, -0.25) is 0 Å². The standard InChI is InChI=1S/C17H13NO3S/c19-17(20)15-10-16(18-22-15)21-11-12-6-8-14(9-7-12)13-4-2-1-3-5-13/h1-10H,11H2,(H,19,20). The van der Waals surface area contributed by atoms with Gasteiger partial charge in [0.05, 0.1) is 0 Å². The molecule has 22 heavy (non-hydrogen) atoms. The van der Waals surface area contributed by atoms with E-state index in [1.807, 2.05) is 42.5 Å². The summed E-state index contributed by atoms with van der Waals surface area (Å²) in [6.07, 6.45) is 0. The van der Waals surface area contributed by atoms with Gasteiger partial charge >= 0.3 is 5.97 Å². The molecule has 0 aliphatic carbocycles. The zero-order valence-corrected chi connectivity index (χ0v) is 12.4. The van der Waals surface area contributed by atoms with Gasteiger partial charge in [-0.2, -0.15) is 4.37 Å². The summed E-state index contributed by atoms with van der Waals surface area (Å²) in [5, 5.41) is 8.84. The van der Waals surface area contributed by atoms with Crippen LogP contribution in [0.15, 0.2) is 60.7 Å². The van der Waals surface area contributed by atoms with Crippen molar-refractivity contribution in [3.63, 3.8) is 0 Å². The summed E-state index contributed by atoms with van der Waals surface area (Å²) in [4.78, 5) is 11.0. The Morgan fingerprint density at radius 3 is 2.36 bits per heavy atom. The third-order valence-corrected chi connectivity index (χ3v) is 3.91. The van der Waals surface area contributed by atoms with Crippen LogP contribution in [0, 0.1) is 0 Å². The van der Waals surface area contributed by atoms with Crippen LogP contribution < -0.4 is 4.74 Å². The largest absolute Gasteiger partial charge is 0.477 e. The van der Waals surface area contributed by atoms with Crippen LogP contribution >= 0.6 is 11.5 Å². The molecule has 1 N–H and O–H groups in total. The smallest absolute Gasteiger partial charge is 0.347 e. The first-order chi connectivity index (χ1) is 10.7. The predicted octanol–water partition coefficient (Wildman–Crippen LogP) is 4.09. The van der Waals surface area contributed by atoms with E-state index in [0.717, 1.165) is 22.7 Å². The highest BCUT2D eigenvalue weighted by Gasteiger charge is 2.09. The molecule has 110 valence electrons. The maximum atomic E-state index is 10.8. The molecule has 0 unspecified atom stereocenters. The molecule has 0 atom stereocenters. The topological polar surface area (TPSA) is 59.4 Å². The first-order valence-corrected chi connectivity index (χ1v) is 7.47. The Hall–Kier alpha value is -2.66. The number of hydrogen-bond donors (Lipinski definition) is 1. The second-order valence-corrected chi connectivity index (χ2v) is 5.49. The third kappa shape index (κ3) is 3.32. The van der Waals surface area contributed by atoms with Crippen molar-refractivity contribution in [3.8, 4) is 17.0 Å². The monoisotopic (exact) mass is 311 g/mol. The van der Waals surface area contributed by atoms with Gasteiger partial charge in [0.2, 0.25) is 5.88 Å². The SMILES string of the molecule is O=C(O)c1cc(OCc2ccc(-c3ccccc3)cc2)ns1. The van der Waals surface area contributed by atoms with E-state index in [0.29, 0.717) is 12.5 Å². The fourth-order valence-corrected chi connectivity index (χ4v) is 2.53. The first-order valence-electron chi connectivity index (χ1n) is 6.69. The number of ether oxygens (including phenoxy) is 1. The molecule has 0 aliphatic rings. The van der Waals surface area contributed by atoms with Gasteiger partial charge in [-0.25, -0.2) is 4.79 Å². The molecule has 5 heteroatoms. The number of benzene rings is 2. The molecule has 4 nitrogen and oxygen atoms in total. The molecule has 0 aliphatic heterocycles. The minimum absolute atomic E-state index is 0.175. The fourth-order valence-electron chi connectivity index (χ4n) is 2.01. The summed E-state index contributed by atoms with van der Waals surface area (Å²) in [6, 6.07) is 19.6. The van der Waals surface area contributed by atoms with Gasteiger partial charge in [-0.05, 0) is 28.2 Å². The van der Waals surface area contributed by atoms with Crippen molar-refractivity contribution in [3.05, 3.63) is 71.1 Å². The number of aromatic carboxylic acids is 1. The van der Waals surface area contributed by atoms with E-state index in [-0.39, 0.29) is 4.88 Å². The lowest BCUT2D eigenvalue weighted by molar-refractivity contribution is 0.0702. The van der Waals surface area contributed by atoms with Crippen LogP contribution in [0.25, 0.3) is 11.1 Å². The molecule has 0 radical (unpaired) electrons. The van der Waals surface area contributed by atoms with E-state index < -0.39 is 5.97 Å². The number of carbonyl (C=O) groups is 1. The maximum Gasteiger partial charge on any atom is 0.347 e. The Bertz CT molecular complexity index is 766. The lowest BCUT2D eigenvalue weighted by atomic mass is 10.0. The summed E-state index contributed by atoms with van der Waals surface area (Å²) in [5.74, 6) is -0.644. The fraction of sp³-hybridized carbons (Fsp3) is 0.0588. The highest BCUT2D eigenvalue weighted by Crippen LogP contribution is 2.21. The molecular formula is C17H13NO3S. The normalized spacial score (nSPS) is 10.4. The van der Waals surface area contributed by atoms with Gasteiger partial charge < -0.3 is 9.84 Å². The van der Waals surface area contributed by atoms with Crippen LogP contribution in [-0.2, 0) is 6.61 Å². The van der Waals surface area contributed by atoms with Gasteiger partial charge in [0.15, 0.2) is 0 Å². The number of carboxylic acid groups (broad SMARTS) is 1. The lowest BCUT2D eigenvalue weighted by Crippen LogP contribution is -1.95. The van der Waals surface area contributed by atoms with Crippen LogP contribution in [0.5, 0.6) is 5.88 Å². The second-order valence-electron chi connectivity index (χ2n) is 4.69. The summed E-state index contributed by atoms with van der Waals surface area (Å²) in [7, 11) is 0. The molecule has 0 fully saturated rings. The van der Waals surface area contributed by atoms with Crippen molar-refractivity contribution in [2.45, 2.75) is 6.61 Å². The van der Waals surface area contributed by atoms with Crippen LogP contribution in [-0.4, -0.2) is 15.4 Å². The number of rotatable bonds is 5. The van der Waals surface area contributed by atoms with Crippen molar-refractivity contribution in [2.75, 3.05) is 0 Å². The highest BCUT2D eigenvalue weighted by atomic mass is 32.1. The Morgan fingerprint density at radius 1 is 1.05 bits per heavy atom. The number of carboxylic acids is 1. The molecule has 0 saturated carbocycles. The van der Waals surface area contributed by atoms with Gasteiger partial charge in [-0.1, -0.05) is 54.6 Å². The Labute approximate surface area is 131 Å². The molecule has 1 aromatic heterocycles. The minimum atomic E-state index is -0.987. The average Bonchev–Trinajstić information content (AvgIpc) is 3.04. The summed E-state index contributed by atoms with van der Waals surface area (Å²) >= 11 is 0.918. The Morgan fingerprint density at radius 2 is 1.73 bits per heavy atom. The predicted molar refractivity (Wildman–Crippen MR) is 85.3 cm³/mol. The van der Waals surface area contributed by atoms with Gasteiger partial charge in [0, 0.05) is 6.07 Å². The van der Waals surface area contributed by atoms with Crippen LogP contribution in [0.4, 0.5) is 0 Å². The number of aromatic nitrogens is 1. The summed E-state index contributed by atoms with van der Waals surface area (Å²) in [6.45, 7) is 0.359. The molecule has 1 heterocycles. The van der Waals surface area contributed by atoms with Gasteiger partial charge in [0.25, 0.3) is 0 Å². The van der Waals surface area contributed by atoms with E-state index in [2.05, 4.69) is 16.5 Å². The number of hydrogen-bond acceptors (Lipinski definition) is 4. The van der Waals surface area contributed by atoms with Crippen molar-refractivity contribution in [2.24, 2.45) is 0 Å². The van der Waals surface area contributed by atoms with Crippen molar-refractivity contribution >= 4 is 17.5 Å². The summed E-state index contributed by atoms with van der Waals surface area (Å²) < 4.78 is 9.46.